The van der Waals surface area contributed by atoms with Gasteiger partial charge in [-0.1, -0.05) is 13.8 Å². The first-order chi connectivity index (χ1) is 12.1. The average molecular weight is 346 g/mol. The second-order valence-electron chi connectivity index (χ2n) is 8.26. The summed E-state index contributed by atoms with van der Waals surface area (Å²) in [6.07, 6.45) is 5.92. The summed E-state index contributed by atoms with van der Waals surface area (Å²) >= 11 is 0. The van der Waals surface area contributed by atoms with Gasteiger partial charge in [0.1, 0.15) is 5.82 Å². The molecule has 1 aliphatic carbocycles. The summed E-state index contributed by atoms with van der Waals surface area (Å²) in [6.45, 7) is 8.50. The lowest BCUT2D eigenvalue weighted by Gasteiger charge is -2.23. The molecule has 25 heavy (non-hydrogen) atoms. The molecule has 1 aromatic heterocycles. The molecule has 1 saturated carbocycles. The van der Waals surface area contributed by atoms with Crippen LogP contribution in [-0.4, -0.2) is 51.4 Å². The number of nitrogens with zero attached hydrogens (tertiary/aromatic N) is 4. The Hall–Kier alpha value is -1.63. The predicted octanol–water partition coefficient (Wildman–Crippen LogP) is 1.70. The van der Waals surface area contributed by atoms with Crippen LogP contribution in [0.15, 0.2) is 0 Å². The molecule has 138 valence electrons. The molecule has 7 nitrogen and oxygen atoms in total. The number of aryl methyl sites for hydroxylation is 1. The summed E-state index contributed by atoms with van der Waals surface area (Å²) in [4.78, 5) is 15.0. The zero-order chi connectivity index (χ0) is 17.4. The van der Waals surface area contributed by atoms with Gasteiger partial charge in [0.05, 0.1) is 6.04 Å². The maximum Gasteiger partial charge on any atom is 0.315 e. The fourth-order valence-corrected chi connectivity index (χ4v) is 4.08. The van der Waals surface area contributed by atoms with Crippen LogP contribution in [0, 0.1) is 11.8 Å². The minimum atomic E-state index is -0.0941. The van der Waals surface area contributed by atoms with Crippen molar-refractivity contribution in [1.82, 2.24) is 30.3 Å². The predicted molar refractivity (Wildman–Crippen MR) is 95.2 cm³/mol. The lowest BCUT2D eigenvalue weighted by Crippen LogP contribution is -2.46. The Morgan fingerprint density at radius 3 is 2.84 bits per heavy atom. The molecule has 2 aliphatic heterocycles. The highest BCUT2D eigenvalue weighted by Gasteiger charge is 2.31. The molecular weight excluding hydrogens is 316 g/mol. The zero-order valence-corrected chi connectivity index (χ0v) is 15.4. The number of fused-ring (bicyclic) bond motifs is 1. The smallest absolute Gasteiger partial charge is 0.315 e. The van der Waals surface area contributed by atoms with E-state index in [0.29, 0.717) is 0 Å². The molecule has 1 aromatic rings. The van der Waals surface area contributed by atoms with Gasteiger partial charge in [-0.25, -0.2) is 4.79 Å². The van der Waals surface area contributed by atoms with E-state index in [4.69, 9.17) is 0 Å². The first-order valence-electron chi connectivity index (χ1n) is 9.81. The van der Waals surface area contributed by atoms with E-state index in [2.05, 4.69) is 44.1 Å². The normalized spacial score (nSPS) is 24.5. The first-order valence-corrected chi connectivity index (χ1v) is 9.81. The molecule has 4 rings (SSSR count). The van der Waals surface area contributed by atoms with E-state index in [0.717, 1.165) is 56.5 Å². The maximum absolute atomic E-state index is 12.6. The van der Waals surface area contributed by atoms with Gasteiger partial charge in [0.25, 0.3) is 0 Å². The van der Waals surface area contributed by atoms with Crippen LogP contribution in [0.5, 0.6) is 0 Å². The summed E-state index contributed by atoms with van der Waals surface area (Å²) in [5, 5.41) is 15.0. The van der Waals surface area contributed by atoms with Crippen molar-refractivity contribution in [3.63, 3.8) is 0 Å². The number of carbonyl (C=O) groups is 1. The number of aromatic nitrogens is 3. The van der Waals surface area contributed by atoms with Crippen molar-refractivity contribution in [2.24, 2.45) is 11.8 Å². The molecule has 0 bridgehead atoms. The van der Waals surface area contributed by atoms with Gasteiger partial charge in [0, 0.05) is 38.6 Å². The van der Waals surface area contributed by atoms with Crippen molar-refractivity contribution >= 4 is 6.03 Å². The number of hydrogen-bond donors (Lipinski definition) is 2. The highest BCUT2D eigenvalue weighted by Crippen LogP contribution is 2.30. The molecule has 2 fully saturated rings. The maximum atomic E-state index is 12.6. The van der Waals surface area contributed by atoms with Crippen molar-refractivity contribution < 1.29 is 4.79 Å². The first kappa shape index (κ1) is 16.8. The number of urea groups is 1. The summed E-state index contributed by atoms with van der Waals surface area (Å²) in [5.74, 6) is 3.14. The van der Waals surface area contributed by atoms with E-state index in [1.54, 1.807) is 0 Å². The van der Waals surface area contributed by atoms with Gasteiger partial charge in [-0.3, -0.25) is 0 Å². The molecule has 3 aliphatic rings. The fourth-order valence-electron chi connectivity index (χ4n) is 4.08. The van der Waals surface area contributed by atoms with E-state index in [-0.39, 0.29) is 24.0 Å². The van der Waals surface area contributed by atoms with Gasteiger partial charge in [-0.2, -0.15) is 0 Å². The number of rotatable bonds is 6. The van der Waals surface area contributed by atoms with Gasteiger partial charge < -0.3 is 20.1 Å². The van der Waals surface area contributed by atoms with Gasteiger partial charge in [0.15, 0.2) is 5.82 Å². The highest BCUT2D eigenvalue weighted by molar-refractivity contribution is 5.74. The summed E-state index contributed by atoms with van der Waals surface area (Å²) < 4.78 is 2.18. The lowest BCUT2D eigenvalue weighted by molar-refractivity contribution is 0.227. The van der Waals surface area contributed by atoms with E-state index < -0.39 is 0 Å². The number of hydrogen-bond acceptors (Lipinski definition) is 4. The van der Waals surface area contributed by atoms with E-state index in [1.165, 1.54) is 19.4 Å². The molecule has 0 unspecified atom stereocenters. The van der Waals surface area contributed by atoms with Crippen LogP contribution in [0.1, 0.15) is 57.2 Å². The molecule has 2 N–H and O–H groups in total. The van der Waals surface area contributed by atoms with Crippen LogP contribution in [0.25, 0.3) is 0 Å². The van der Waals surface area contributed by atoms with Crippen LogP contribution < -0.4 is 10.6 Å². The monoisotopic (exact) mass is 346 g/mol. The molecule has 2 amide bonds. The summed E-state index contributed by atoms with van der Waals surface area (Å²) in [7, 11) is 0. The molecule has 7 heteroatoms. The molecule has 0 aromatic carbocycles. The van der Waals surface area contributed by atoms with E-state index >= 15 is 0 Å². The van der Waals surface area contributed by atoms with Crippen molar-refractivity contribution in [2.75, 3.05) is 19.6 Å². The standard InChI is InChI=1S/C18H30N6O/c1-12(2)16(17-22-21-15-4-3-8-24(15)17)20-18(25)19-14-7-9-23(11-14)10-13-5-6-13/h12-14,16H,3-11H2,1-2H3,(H2,19,20,25)/t14-,16-/m0/s1. The average Bonchev–Trinajstić information content (AvgIpc) is 2.96. The minimum Gasteiger partial charge on any atom is -0.334 e. The van der Waals surface area contributed by atoms with Crippen LogP contribution in [0.4, 0.5) is 4.79 Å². The van der Waals surface area contributed by atoms with Crippen LogP contribution >= 0.6 is 0 Å². The third-order valence-electron chi connectivity index (χ3n) is 5.69. The lowest BCUT2D eigenvalue weighted by atomic mass is 10.0. The summed E-state index contributed by atoms with van der Waals surface area (Å²) in [6, 6.07) is 0.0892. The van der Waals surface area contributed by atoms with Crippen molar-refractivity contribution in [3.8, 4) is 0 Å². The van der Waals surface area contributed by atoms with Crippen molar-refractivity contribution in [2.45, 2.75) is 64.6 Å². The molecular formula is C18H30N6O. The van der Waals surface area contributed by atoms with Crippen LogP contribution in [-0.2, 0) is 13.0 Å². The SMILES string of the molecule is CC(C)[C@H](NC(=O)N[C@H]1CCN(CC2CC2)C1)c1nnc2n1CCC2. The van der Waals surface area contributed by atoms with Crippen LogP contribution in [0.2, 0.25) is 0 Å². The number of amides is 2. The molecule has 1 saturated heterocycles. The number of nitrogens with one attached hydrogen (secondary N) is 2. The third-order valence-corrected chi connectivity index (χ3v) is 5.69. The largest absolute Gasteiger partial charge is 0.334 e. The third kappa shape index (κ3) is 3.81. The second kappa shape index (κ2) is 6.94. The van der Waals surface area contributed by atoms with Gasteiger partial charge in [0.2, 0.25) is 0 Å². The molecule has 0 spiro atoms. The van der Waals surface area contributed by atoms with E-state index in [1.807, 2.05) is 0 Å². The van der Waals surface area contributed by atoms with E-state index in [9.17, 15) is 4.79 Å². The molecule has 3 heterocycles. The summed E-state index contributed by atoms with van der Waals surface area (Å²) in [5.41, 5.74) is 0. The highest BCUT2D eigenvalue weighted by atomic mass is 16.2. The molecule has 2 atom stereocenters. The van der Waals surface area contributed by atoms with Crippen molar-refractivity contribution in [1.29, 1.82) is 0 Å². The Balaban J connectivity index is 1.33. The Morgan fingerprint density at radius 1 is 1.24 bits per heavy atom. The zero-order valence-electron chi connectivity index (χ0n) is 15.4. The van der Waals surface area contributed by atoms with Gasteiger partial charge in [-0.15, -0.1) is 10.2 Å². The molecule has 0 radical (unpaired) electrons. The Kier molecular flexibility index (Phi) is 4.67. The van der Waals surface area contributed by atoms with Gasteiger partial charge >= 0.3 is 6.03 Å². The second-order valence-corrected chi connectivity index (χ2v) is 8.26. The Morgan fingerprint density at radius 2 is 2.08 bits per heavy atom. The Labute approximate surface area is 149 Å². The number of carbonyl (C=O) groups excluding carboxylic acids is 1. The number of likely N-dealkylation sites (tertiary alicyclic amines) is 1. The minimum absolute atomic E-state index is 0.0766. The topological polar surface area (TPSA) is 75.1 Å². The quantitative estimate of drug-likeness (QED) is 0.822. The fraction of sp³-hybridized carbons (Fsp3) is 0.833. The van der Waals surface area contributed by atoms with Crippen LogP contribution in [0.3, 0.4) is 0 Å². The van der Waals surface area contributed by atoms with Crippen molar-refractivity contribution in [3.05, 3.63) is 11.6 Å². The van der Waals surface area contributed by atoms with Gasteiger partial charge in [-0.05, 0) is 37.5 Å². The Bertz CT molecular complexity index is 623.